The maximum absolute atomic E-state index is 12.5. The zero-order chi connectivity index (χ0) is 16.7. The molecule has 0 aliphatic carbocycles. The molecule has 0 bridgehead atoms. The third-order valence-electron chi connectivity index (χ3n) is 4.02. The van der Waals surface area contributed by atoms with Crippen LogP contribution < -0.4 is 4.74 Å². The van der Waals surface area contributed by atoms with Crippen molar-refractivity contribution in [2.24, 2.45) is 0 Å². The number of carbonyl (C=O) groups is 1. The molecule has 24 heavy (non-hydrogen) atoms. The van der Waals surface area contributed by atoms with Crippen LogP contribution >= 0.6 is 22.7 Å². The van der Waals surface area contributed by atoms with E-state index in [9.17, 15) is 4.79 Å². The predicted octanol–water partition coefficient (Wildman–Crippen LogP) is 4.00. The maximum atomic E-state index is 12.5. The molecule has 0 spiro atoms. The number of hydrogen-bond donors (Lipinski definition) is 0. The normalized spacial score (nSPS) is 16.0. The Kier molecular flexibility index (Phi) is 3.94. The quantitative estimate of drug-likeness (QED) is 0.709. The minimum atomic E-state index is -0.387. The van der Waals surface area contributed by atoms with Gasteiger partial charge in [-0.05, 0) is 25.5 Å². The molecule has 1 unspecified atom stereocenters. The van der Waals surface area contributed by atoms with E-state index >= 15 is 0 Å². The van der Waals surface area contributed by atoms with Crippen LogP contribution in [0.25, 0.3) is 10.6 Å². The first-order chi connectivity index (χ1) is 11.6. The Morgan fingerprint density at radius 2 is 2.12 bits per heavy atom. The van der Waals surface area contributed by atoms with E-state index in [1.807, 2.05) is 43.5 Å². The molecule has 122 valence electrons. The molecule has 0 N–H and O–H groups in total. The SMILES string of the molecule is Cc1nc(C)c(-c2csc(CC(=O)C3Cc4ccccc4O3)n2)s1. The fourth-order valence-electron chi connectivity index (χ4n) is 2.89. The van der Waals surface area contributed by atoms with Crippen molar-refractivity contribution in [3.05, 3.63) is 50.9 Å². The number of aryl methyl sites for hydroxylation is 2. The van der Waals surface area contributed by atoms with E-state index in [1.165, 1.54) is 11.3 Å². The minimum Gasteiger partial charge on any atom is -0.482 e. The first-order valence-electron chi connectivity index (χ1n) is 7.76. The first-order valence-corrected chi connectivity index (χ1v) is 9.46. The van der Waals surface area contributed by atoms with Gasteiger partial charge in [0.25, 0.3) is 0 Å². The molecule has 0 saturated carbocycles. The Morgan fingerprint density at radius 3 is 2.88 bits per heavy atom. The van der Waals surface area contributed by atoms with Gasteiger partial charge in [-0.15, -0.1) is 22.7 Å². The molecular formula is C18H16N2O2S2. The van der Waals surface area contributed by atoms with Crippen molar-refractivity contribution in [2.45, 2.75) is 32.8 Å². The van der Waals surface area contributed by atoms with Crippen LogP contribution in [0.1, 0.15) is 21.3 Å². The van der Waals surface area contributed by atoms with E-state index < -0.39 is 0 Å². The Bertz CT molecular complexity index is 888. The van der Waals surface area contributed by atoms with Gasteiger partial charge in [0.15, 0.2) is 11.9 Å². The smallest absolute Gasteiger partial charge is 0.180 e. The second-order valence-corrected chi connectivity index (χ2v) is 7.98. The number of thiazole rings is 2. The summed E-state index contributed by atoms with van der Waals surface area (Å²) < 4.78 is 5.77. The summed E-state index contributed by atoms with van der Waals surface area (Å²) in [4.78, 5) is 22.7. The van der Waals surface area contributed by atoms with Gasteiger partial charge in [0.1, 0.15) is 10.8 Å². The number of Topliss-reactive ketones (excluding diaryl/α,β-unsaturated/α-hetero) is 1. The first kappa shape index (κ1) is 15.5. The van der Waals surface area contributed by atoms with Crippen LogP contribution in [0.2, 0.25) is 0 Å². The molecular weight excluding hydrogens is 340 g/mol. The summed E-state index contributed by atoms with van der Waals surface area (Å²) in [6.07, 6.45) is 0.586. The fourth-order valence-corrected chi connectivity index (χ4v) is 4.64. The van der Waals surface area contributed by atoms with Gasteiger partial charge in [-0.25, -0.2) is 9.97 Å². The summed E-state index contributed by atoms with van der Waals surface area (Å²) in [7, 11) is 0. The predicted molar refractivity (Wildman–Crippen MR) is 96.0 cm³/mol. The van der Waals surface area contributed by atoms with Gasteiger partial charge in [0.2, 0.25) is 0 Å². The molecule has 1 aromatic carbocycles. The van der Waals surface area contributed by atoms with E-state index in [4.69, 9.17) is 4.74 Å². The van der Waals surface area contributed by atoms with Crippen LogP contribution in [0.15, 0.2) is 29.6 Å². The van der Waals surface area contributed by atoms with Crippen molar-refractivity contribution in [1.29, 1.82) is 0 Å². The van der Waals surface area contributed by atoms with Gasteiger partial charge in [-0.2, -0.15) is 0 Å². The molecule has 0 fully saturated rings. The number of hydrogen-bond acceptors (Lipinski definition) is 6. The number of ether oxygens (including phenoxy) is 1. The Balaban J connectivity index is 1.47. The number of carbonyl (C=O) groups excluding carboxylic acids is 1. The number of ketones is 1. The molecule has 1 atom stereocenters. The zero-order valence-electron chi connectivity index (χ0n) is 13.4. The monoisotopic (exact) mass is 356 g/mol. The van der Waals surface area contributed by atoms with Crippen molar-refractivity contribution in [1.82, 2.24) is 9.97 Å². The van der Waals surface area contributed by atoms with E-state index in [0.717, 1.165) is 37.6 Å². The average molecular weight is 356 g/mol. The fraction of sp³-hybridized carbons (Fsp3) is 0.278. The molecule has 6 heteroatoms. The average Bonchev–Trinajstić information content (AvgIpc) is 3.25. The Hall–Kier alpha value is -2.05. The number of aromatic nitrogens is 2. The van der Waals surface area contributed by atoms with Crippen LogP contribution in [0.3, 0.4) is 0 Å². The number of benzene rings is 1. The van der Waals surface area contributed by atoms with Crippen LogP contribution in [-0.2, 0) is 17.6 Å². The molecule has 2 aromatic heterocycles. The summed E-state index contributed by atoms with van der Waals surface area (Å²) >= 11 is 3.16. The van der Waals surface area contributed by atoms with E-state index in [1.54, 1.807) is 11.3 Å². The van der Waals surface area contributed by atoms with Gasteiger partial charge in [-0.1, -0.05) is 18.2 Å². The third-order valence-corrected chi connectivity index (χ3v) is 5.96. The molecule has 0 amide bonds. The standard InChI is InChI=1S/C18H16N2O2S2/c1-10-18(24-11(2)19-10)13-9-23-17(20-13)8-14(21)16-7-12-5-3-4-6-15(12)22-16/h3-6,9,16H,7-8H2,1-2H3. The second kappa shape index (κ2) is 6.11. The molecule has 3 aromatic rings. The lowest BCUT2D eigenvalue weighted by Crippen LogP contribution is -2.26. The number of para-hydroxylation sites is 1. The number of rotatable bonds is 4. The van der Waals surface area contributed by atoms with E-state index in [-0.39, 0.29) is 11.9 Å². The van der Waals surface area contributed by atoms with Gasteiger partial charge in [-0.3, -0.25) is 4.79 Å². The van der Waals surface area contributed by atoms with Gasteiger partial charge >= 0.3 is 0 Å². The van der Waals surface area contributed by atoms with Crippen molar-refractivity contribution in [3.63, 3.8) is 0 Å². The van der Waals surface area contributed by atoms with Crippen LogP contribution in [0.4, 0.5) is 0 Å². The molecule has 0 radical (unpaired) electrons. The summed E-state index contributed by atoms with van der Waals surface area (Å²) in [5.74, 6) is 0.913. The third kappa shape index (κ3) is 2.87. The molecule has 1 aliphatic heterocycles. The molecule has 0 saturated heterocycles. The zero-order valence-corrected chi connectivity index (χ0v) is 15.0. The second-order valence-electron chi connectivity index (χ2n) is 5.84. The lowest BCUT2D eigenvalue weighted by molar-refractivity contribution is -0.124. The highest BCUT2D eigenvalue weighted by molar-refractivity contribution is 7.16. The van der Waals surface area contributed by atoms with Crippen molar-refractivity contribution in [2.75, 3.05) is 0 Å². The molecule has 3 heterocycles. The minimum absolute atomic E-state index is 0.0873. The van der Waals surface area contributed by atoms with Crippen LogP contribution in [0.5, 0.6) is 5.75 Å². The Morgan fingerprint density at radius 1 is 1.29 bits per heavy atom. The van der Waals surface area contributed by atoms with E-state index in [2.05, 4.69) is 9.97 Å². The van der Waals surface area contributed by atoms with Crippen LogP contribution in [-0.4, -0.2) is 21.9 Å². The molecule has 4 rings (SSSR count). The lowest BCUT2D eigenvalue weighted by atomic mass is 10.1. The highest BCUT2D eigenvalue weighted by Gasteiger charge is 2.29. The highest BCUT2D eigenvalue weighted by atomic mass is 32.1. The Labute approximate surface area is 148 Å². The summed E-state index contributed by atoms with van der Waals surface area (Å²) in [5, 5.41) is 3.87. The van der Waals surface area contributed by atoms with Crippen LogP contribution in [0, 0.1) is 13.8 Å². The van der Waals surface area contributed by atoms with Crippen molar-refractivity contribution < 1.29 is 9.53 Å². The summed E-state index contributed by atoms with van der Waals surface area (Å²) in [6.45, 7) is 3.99. The van der Waals surface area contributed by atoms with Crippen molar-refractivity contribution >= 4 is 28.5 Å². The number of nitrogens with zero attached hydrogens (tertiary/aromatic N) is 2. The topological polar surface area (TPSA) is 52.1 Å². The summed E-state index contributed by atoms with van der Waals surface area (Å²) in [5.41, 5.74) is 3.02. The van der Waals surface area contributed by atoms with Gasteiger partial charge in [0.05, 0.1) is 27.7 Å². The lowest BCUT2D eigenvalue weighted by Gasteiger charge is -2.08. The van der Waals surface area contributed by atoms with Crippen molar-refractivity contribution in [3.8, 4) is 16.3 Å². The largest absolute Gasteiger partial charge is 0.482 e. The highest BCUT2D eigenvalue weighted by Crippen LogP contribution is 2.32. The molecule has 4 nitrogen and oxygen atoms in total. The van der Waals surface area contributed by atoms with Gasteiger partial charge < -0.3 is 4.74 Å². The molecule has 1 aliphatic rings. The van der Waals surface area contributed by atoms with Gasteiger partial charge in [0, 0.05) is 11.8 Å². The van der Waals surface area contributed by atoms with E-state index in [0.29, 0.717) is 12.8 Å². The number of fused-ring (bicyclic) bond motifs is 1. The maximum Gasteiger partial charge on any atom is 0.180 e. The summed E-state index contributed by atoms with van der Waals surface area (Å²) in [6, 6.07) is 7.83.